The predicted molar refractivity (Wildman–Crippen MR) is 117 cm³/mol. The van der Waals surface area contributed by atoms with Crippen molar-refractivity contribution in [1.82, 2.24) is 10.2 Å². The number of carboxylic acid groups (broad SMARTS) is 2. The van der Waals surface area contributed by atoms with Gasteiger partial charge < -0.3 is 20.4 Å². The molecule has 5 rings (SSSR count). The van der Waals surface area contributed by atoms with E-state index in [9.17, 15) is 42.8 Å². The summed E-state index contributed by atoms with van der Waals surface area (Å²) in [5, 5.41) is 31.0. The average Bonchev–Trinajstić information content (AvgIpc) is 3.39. The van der Waals surface area contributed by atoms with Crippen molar-refractivity contribution in [1.29, 1.82) is 0 Å². The van der Waals surface area contributed by atoms with E-state index in [0.29, 0.717) is 42.8 Å². The van der Waals surface area contributed by atoms with Crippen molar-refractivity contribution in [3.63, 3.8) is 0 Å². The minimum absolute atomic E-state index is 0.0460. The number of allylic oxidation sites excluding steroid dienone is 2. The summed E-state index contributed by atoms with van der Waals surface area (Å²) in [5.41, 5.74) is 1.18. The number of amides is 2. The number of hydrogen-bond acceptors (Lipinski definition) is 7. The third-order valence-corrected chi connectivity index (χ3v) is 6.52. The van der Waals surface area contributed by atoms with Gasteiger partial charge in [0.15, 0.2) is 0 Å². The van der Waals surface area contributed by atoms with Crippen molar-refractivity contribution in [2.24, 2.45) is 5.92 Å². The van der Waals surface area contributed by atoms with Crippen LogP contribution in [0.2, 0.25) is 0 Å². The lowest BCUT2D eigenvalue weighted by Gasteiger charge is -2.48. The molecular weight excluding hydrogens is 505 g/mol. The van der Waals surface area contributed by atoms with Gasteiger partial charge in [0.25, 0.3) is 11.6 Å². The summed E-state index contributed by atoms with van der Waals surface area (Å²) in [6, 6.07) is 5.41. The quantitative estimate of drug-likeness (QED) is 0.228. The first-order valence-electron chi connectivity index (χ1n) is 10.9. The Morgan fingerprint density at radius 2 is 1.89 bits per heavy atom. The second-order valence-electron chi connectivity index (χ2n) is 8.68. The van der Waals surface area contributed by atoms with Crippen LogP contribution in [0.5, 0.6) is 0 Å². The number of alkyl halides is 3. The third-order valence-electron chi connectivity index (χ3n) is 6.52. The van der Waals surface area contributed by atoms with Crippen LogP contribution >= 0.6 is 0 Å². The molecule has 4 aliphatic rings. The van der Waals surface area contributed by atoms with E-state index in [2.05, 4.69) is 5.32 Å². The van der Waals surface area contributed by atoms with Gasteiger partial charge in [-0.05, 0) is 36.5 Å². The molecule has 196 valence electrons. The number of halogens is 3. The van der Waals surface area contributed by atoms with Gasteiger partial charge in [-0.1, -0.05) is 6.07 Å². The summed E-state index contributed by atoms with van der Waals surface area (Å²) in [6.07, 6.45) is -2.62. The molecule has 0 unspecified atom stereocenters. The van der Waals surface area contributed by atoms with Gasteiger partial charge >= 0.3 is 18.1 Å². The number of carbonyl (C=O) groups excluding carboxylic acids is 2. The molecule has 0 aromatic heterocycles. The summed E-state index contributed by atoms with van der Waals surface area (Å²) in [4.78, 5) is 59.4. The SMILES string of the molecule is O=C(O)C(F)(F)F.O=C(O)C1=C(/C=C2\CCN(c3cccc([N+](=O)[O-])c3)C2=O)C[C@@H]2CN[C@@H]3C(=O)N1[C@H]23. The van der Waals surface area contributed by atoms with E-state index >= 15 is 0 Å². The molecule has 2 amide bonds. The molecule has 0 saturated carbocycles. The Morgan fingerprint density at radius 3 is 2.49 bits per heavy atom. The van der Waals surface area contributed by atoms with Gasteiger partial charge in [0.2, 0.25) is 5.91 Å². The number of hydrogen-bond donors (Lipinski definition) is 3. The van der Waals surface area contributed by atoms with E-state index in [-0.39, 0.29) is 41.2 Å². The largest absolute Gasteiger partial charge is 0.490 e. The van der Waals surface area contributed by atoms with Crippen LogP contribution in [0.15, 0.2) is 47.2 Å². The zero-order valence-electron chi connectivity index (χ0n) is 18.8. The number of benzene rings is 1. The van der Waals surface area contributed by atoms with Crippen LogP contribution < -0.4 is 10.2 Å². The highest BCUT2D eigenvalue weighted by molar-refractivity contribution is 6.09. The molecule has 1 aromatic carbocycles. The molecule has 0 spiro atoms. The van der Waals surface area contributed by atoms with Crippen molar-refractivity contribution in [3.8, 4) is 0 Å². The molecule has 37 heavy (non-hydrogen) atoms. The molecular formula is C22H19F3N4O8. The Labute approximate surface area is 205 Å². The second-order valence-corrected chi connectivity index (χ2v) is 8.68. The number of carboxylic acids is 2. The zero-order chi connectivity index (χ0) is 27.2. The molecule has 0 bridgehead atoms. The number of aliphatic carboxylic acids is 2. The van der Waals surface area contributed by atoms with Crippen molar-refractivity contribution >= 4 is 35.1 Å². The maximum absolute atomic E-state index is 12.9. The van der Waals surface area contributed by atoms with Gasteiger partial charge in [-0.2, -0.15) is 13.2 Å². The first-order valence-corrected chi connectivity index (χ1v) is 10.9. The zero-order valence-corrected chi connectivity index (χ0v) is 18.8. The predicted octanol–water partition coefficient (Wildman–Crippen LogP) is 1.43. The number of nitro groups is 1. The van der Waals surface area contributed by atoms with Crippen LogP contribution in [-0.2, 0) is 19.2 Å². The van der Waals surface area contributed by atoms with Crippen molar-refractivity contribution in [2.75, 3.05) is 18.0 Å². The lowest BCUT2D eigenvalue weighted by molar-refractivity contribution is -0.384. The summed E-state index contributed by atoms with van der Waals surface area (Å²) in [7, 11) is 0. The lowest BCUT2D eigenvalue weighted by atomic mass is 9.79. The van der Waals surface area contributed by atoms with Crippen LogP contribution in [0.4, 0.5) is 24.5 Å². The van der Waals surface area contributed by atoms with Gasteiger partial charge in [0, 0.05) is 30.8 Å². The molecule has 4 heterocycles. The fraction of sp³-hybridized carbons (Fsp3) is 0.364. The molecule has 12 nitrogen and oxygen atoms in total. The number of non-ortho nitro benzene ring substituents is 1. The van der Waals surface area contributed by atoms with E-state index in [4.69, 9.17) is 9.90 Å². The standard InChI is InChI=1S/C20H18N4O6.C2HF3O2/c25-18-10(4-5-22(18)13-2-1-3-14(8-13)24(29)30)6-11-7-12-9-21-15-16(12)23(19(15)26)17(11)20(27)28;3-2(4,5)1(6)7/h1-3,6,8,12,15-16,21H,4-5,7,9H2,(H,27,28);(H,6,7)/b10-6+;/t12-,15+,16-;/m1./s1. The molecule has 3 N–H and O–H groups in total. The van der Waals surface area contributed by atoms with Crippen LogP contribution in [-0.4, -0.2) is 75.1 Å². The van der Waals surface area contributed by atoms with Crippen molar-refractivity contribution in [2.45, 2.75) is 31.1 Å². The third kappa shape index (κ3) is 4.64. The first kappa shape index (κ1) is 25.8. The summed E-state index contributed by atoms with van der Waals surface area (Å²) >= 11 is 0. The minimum atomic E-state index is -5.08. The van der Waals surface area contributed by atoms with Gasteiger partial charge in [0.05, 0.1) is 16.7 Å². The number of nitrogens with zero attached hydrogens (tertiary/aromatic N) is 3. The van der Waals surface area contributed by atoms with E-state index in [1.165, 1.54) is 28.0 Å². The van der Waals surface area contributed by atoms with Gasteiger partial charge in [0.1, 0.15) is 11.7 Å². The Morgan fingerprint density at radius 1 is 1.22 bits per heavy atom. The molecule has 1 aromatic rings. The summed E-state index contributed by atoms with van der Waals surface area (Å²) < 4.78 is 31.7. The molecule has 15 heteroatoms. The fourth-order valence-electron chi connectivity index (χ4n) is 4.93. The molecule has 3 fully saturated rings. The Bertz CT molecular complexity index is 1270. The Kier molecular flexibility index (Phi) is 6.50. The fourth-order valence-corrected chi connectivity index (χ4v) is 4.93. The number of anilines is 1. The number of nitrogens with one attached hydrogen (secondary N) is 1. The maximum Gasteiger partial charge on any atom is 0.490 e. The van der Waals surface area contributed by atoms with E-state index in [0.717, 1.165) is 0 Å². The van der Waals surface area contributed by atoms with Crippen LogP contribution in [0.1, 0.15) is 12.8 Å². The van der Waals surface area contributed by atoms with Gasteiger partial charge in [-0.15, -0.1) is 0 Å². The molecule has 0 aliphatic carbocycles. The first-order chi connectivity index (χ1) is 17.3. The number of carbonyl (C=O) groups is 4. The molecule has 3 saturated heterocycles. The van der Waals surface area contributed by atoms with Crippen LogP contribution in [0.25, 0.3) is 0 Å². The van der Waals surface area contributed by atoms with Crippen LogP contribution in [0.3, 0.4) is 0 Å². The monoisotopic (exact) mass is 524 g/mol. The van der Waals surface area contributed by atoms with Crippen LogP contribution in [0, 0.1) is 16.0 Å². The molecule has 3 atom stereocenters. The highest BCUT2D eigenvalue weighted by Crippen LogP contribution is 2.44. The average molecular weight is 524 g/mol. The molecule has 4 aliphatic heterocycles. The second kappa shape index (κ2) is 9.31. The normalized spacial score (nSPS) is 25.5. The van der Waals surface area contributed by atoms with Crippen molar-refractivity contribution in [3.05, 3.63) is 57.3 Å². The number of β-lactam (4-membered cyclic amide) rings is 1. The van der Waals surface area contributed by atoms with Gasteiger partial charge in [-0.25, -0.2) is 9.59 Å². The van der Waals surface area contributed by atoms with Gasteiger partial charge in [-0.3, -0.25) is 24.6 Å². The number of rotatable bonds is 4. The number of nitro benzene ring substituents is 1. The van der Waals surface area contributed by atoms with E-state index in [1.54, 1.807) is 12.1 Å². The smallest absolute Gasteiger partial charge is 0.477 e. The minimum Gasteiger partial charge on any atom is -0.477 e. The highest BCUT2D eigenvalue weighted by atomic mass is 19.4. The molecule has 0 radical (unpaired) electrons. The van der Waals surface area contributed by atoms with E-state index in [1.807, 2.05) is 0 Å². The summed E-state index contributed by atoms with van der Waals surface area (Å²) in [5.74, 6) is -4.38. The topological polar surface area (TPSA) is 170 Å². The summed E-state index contributed by atoms with van der Waals surface area (Å²) in [6.45, 7) is 0.977. The Balaban J connectivity index is 0.000000405. The van der Waals surface area contributed by atoms with E-state index < -0.39 is 23.0 Å². The maximum atomic E-state index is 12.9. The Hall–Kier alpha value is -4.27. The van der Waals surface area contributed by atoms with Crippen molar-refractivity contribution < 1.29 is 47.5 Å². The lowest BCUT2D eigenvalue weighted by Crippen LogP contribution is -2.68. The highest BCUT2D eigenvalue weighted by Gasteiger charge is 2.59.